The molecule has 0 radical (unpaired) electrons. The van der Waals surface area contributed by atoms with Crippen LogP contribution in [-0.4, -0.2) is 55.2 Å². The van der Waals surface area contributed by atoms with Crippen LogP contribution in [-0.2, 0) is 4.74 Å². The van der Waals surface area contributed by atoms with Crippen LogP contribution in [0.4, 0.5) is 4.39 Å². The summed E-state index contributed by atoms with van der Waals surface area (Å²) in [6.45, 7) is 1.51. The summed E-state index contributed by atoms with van der Waals surface area (Å²) in [6.07, 6.45) is -0.0330. The van der Waals surface area contributed by atoms with Gasteiger partial charge in [-0.25, -0.2) is 9.37 Å². The Labute approximate surface area is 155 Å². The normalized spacial score (nSPS) is 20.3. The van der Waals surface area contributed by atoms with Gasteiger partial charge < -0.3 is 19.4 Å². The Bertz CT molecular complexity index is 988. The van der Waals surface area contributed by atoms with Crippen LogP contribution in [0.5, 0.6) is 0 Å². The Balaban J connectivity index is 1.57. The SMILES string of the molecule is CO[C@@H]1CN(C)C[C@H]1NC(=O)c1ccc2oc(-c3cccc(F)c3)nc2c1. The van der Waals surface area contributed by atoms with Gasteiger partial charge in [0.15, 0.2) is 5.58 Å². The number of hydrogen-bond donors (Lipinski definition) is 1. The third-order valence-corrected chi connectivity index (χ3v) is 4.79. The molecule has 1 amide bonds. The molecule has 1 aromatic heterocycles. The number of nitrogens with zero attached hydrogens (tertiary/aromatic N) is 2. The summed E-state index contributed by atoms with van der Waals surface area (Å²) in [4.78, 5) is 19.2. The lowest BCUT2D eigenvalue weighted by Gasteiger charge is -2.18. The standard InChI is InChI=1S/C20H20FN3O3/c1-24-10-16(18(11-24)26-2)22-19(25)12-6-7-17-15(9-12)23-20(27-17)13-4-3-5-14(21)8-13/h3-9,16,18H,10-11H2,1-2H3,(H,22,25)/t16-,18-/m1/s1. The number of amides is 1. The van der Waals surface area contributed by atoms with Crippen molar-refractivity contribution >= 4 is 17.0 Å². The molecule has 0 aliphatic carbocycles. The van der Waals surface area contributed by atoms with Gasteiger partial charge in [0.05, 0.1) is 12.1 Å². The first-order chi connectivity index (χ1) is 13.0. The molecule has 1 saturated heterocycles. The van der Waals surface area contributed by atoms with Crippen molar-refractivity contribution in [1.82, 2.24) is 15.2 Å². The summed E-state index contributed by atoms with van der Waals surface area (Å²) in [5.74, 6) is -0.225. The monoisotopic (exact) mass is 369 g/mol. The van der Waals surface area contributed by atoms with E-state index >= 15 is 0 Å². The molecule has 27 heavy (non-hydrogen) atoms. The van der Waals surface area contributed by atoms with Gasteiger partial charge in [-0.3, -0.25) is 4.79 Å². The van der Waals surface area contributed by atoms with Crippen LogP contribution in [0, 0.1) is 5.82 Å². The molecule has 1 aliphatic rings. The number of oxazole rings is 1. The number of halogens is 1. The van der Waals surface area contributed by atoms with Crippen molar-refractivity contribution in [2.45, 2.75) is 12.1 Å². The second kappa shape index (κ2) is 7.09. The van der Waals surface area contributed by atoms with Gasteiger partial charge in [-0.2, -0.15) is 0 Å². The first kappa shape index (κ1) is 17.6. The molecular formula is C20H20FN3O3. The molecule has 140 valence electrons. The minimum atomic E-state index is -0.357. The molecule has 2 atom stereocenters. The highest BCUT2D eigenvalue weighted by Gasteiger charge is 2.32. The van der Waals surface area contributed by atoms with Crippen LogP contribution in [0.3, 0.4) is 0 Å². The van der Waals surface area contributed by atoms with Crippen LogP contribution in [0.2, 0.25) is 0 Å². The number of fused-ring (bicyclic) bond motifs is 1. The predicted octanol–water partition coefficient (Wildman–Crippen LogP) is 2.69. The fraction of sp³-hybridized carbons (Fsp3) is 0.300. The molecule has 2 heterocycles. The molecule has 0 spiro atoms. The fourth-order valence-corrected chi connectivity index (χ4v) is 3.41. The maximum atomic E-state index is 13.4. The Morgan fingerprint density at radius 3 is 2.93 bits per heavy atom. The van der Waals surface area contributed by atoms with Crippen molar-refractivity contribution in [2.24, 2.45) is 0 Å². The van der Waals surface area contributed by atoms with Gasteiger partial charge in [-0.1, -0.05) is 6.07 Å². The molecule has 0 unspecified atom stereocenters. The summed E-state index contributed by atoms with van der Waals surface area (Å²) in [7, 11) is 3.64. The van der Waals surface area contributed by atoms with Gasteiger partial charge in [0, 0.05) is 31.3 Å². The lowest BCUT2D eigenvalue weighted by Crippen LogP contribution is -2.43. The summed E-state index contributed by atoms with van der Waals surface area (Å²) >= 11 is 0. The lowest BCUT2D eigenvalue weighted by atomic mass is 10.1. The number of hydrogen-bond acceptors (Lipinski definition) is 5. The molecule has 0 saturated carbocycles. The van der Waals surface area contributed by atoms with E-state index in [1.807, 2.05) is 7.05 Å². The summed E-state index contributed by atoms with van der Waals surface area (Å²) in [5, 5.41) is 3.02. The molecule has 4 rings (SSSR count). The van der Waals surface area contributed by atoms with Crippen molar-refractivity contribution in [3.8, 4) is 11.5 Å². The minimum absolute atomic E-state index is 0.0330. The maximum absolute atomic E-state index is 13.4. The predicted molar refractivity (Wildman–Crippen MR) is 99.0 cm³/mol. The number of carbonyl (C=O) groups is 1. The van der Waals surface area contributed by atoms with Gasteiger partial charge in [-0.05, 0) is 43.4 Å². The van der Waals surface area contributed by atoms with Crippen molar-refractivity contribution in [3.05, 3.63) is 53.8 Å². The van der Waals surface area contributed by atoms with Crippen LogP contribution in [0.25, 0.3) is 22.6 Å². The number of nitrogens with one attached hydrogen (secondary N) is 1. The van der Waals surface area contributed by atoms with Gasteiger partial charge in [0.25, 0.3) is 5.91 Å². The zero-order valence-electron chi connectivity index (χ0n) is 15.1. The molecule has 3 aromatic rings. The summed E-state index contributed by atoms with van der Waals surface area (Å²) < 4.78 is 24.6. The molecule has 7 heteroatoms. The topological polar surface area (TPSA) is 67.6 Å². The van der Waals surface area contributed by atoms with Gasteiger partial charge in [0.1, 0.15) is 11.3 Å². The Kier molecular flexibility index (Phi) is 4.63. The molecule has 0 bridgehead atoms. The van der Waals surface area contributed by atoms with E-state index in [2.05, 4.69) is 15.2 Å². The van der Waals surface area contributed by atoms with E-state index in [0.717, 1.165) is 13.1 Å². The van der Waals surface area contributed by atoms with Gasteiger partial charge in [-0.15, -0.1) is 0 Å². The second-order valence-electron chi connectivity index (χ2n) is 6.79. The highest BCUT2D eigenvalue weighted by atomic mass is 19.1. The Hall–Kier alpha value is -2.77. The summed E-state index contributed by atoms with van der Waals surface area (Å²) in [6, 6.07) is 11.1. The first-order valence-corrected chi connectivity index (χ1v) is 8.72. The number of rotatable bonds is 4. The highest BCUT2D eigenvalue weighted by molar-refractivity contribution is 5.97. The van der Waals surface area contributed by atoms with Crippen LogP contribution < -0.4 is 5.32 Å². The van der Waals surface area contributed by atoms with E-state index in [1.165, 1.54) is 12.1 Å². The molecule has 1 aliphatic heterocycles. The van der Waals surface area contributed by atoms with E-state index in [9.17, 15) is 9.18 Å². The molecule has 6 nitrogen and oxygen atoms in total. The van der Waals surface area contributed by atoms with Crippen molar-refractivity contribution in [2.75, 3.05) is 27.2 Å². The van der Waals surface area contributed by atoms with Crippen molar-refractivity contribution in [1.29, 1.82) is 0 Å². The lowest BCUT2D eigenvalue weighted by molar-refractivity contribution is 0.0766. The minimum Gasteiger partial charge on any atom is -0.436 e. The average Bonchev–Trinajstić information content (AvgIpc) is 3.23. The second-order valence-corrected chi connectivity index (χ2v) is 6.79. The fourth-order valence-electron chi connectivity index (χ4n) is 3.41. The zero-order valence-corrected chi connectivity index (χ0v) is 15.1. The van der Waals surface area contributed by atoms with E-state index in [0.29, 0.717) is 28.1 Å². The number of methoxy groups -OCH3 is 1. The molecule has 2 aromatic carbocycles. The third kappa shape index (κ3) is 3.56. The number of likely N-dealkylation sites (tertiary alicyclic amines) is 1. The van der Waals surface area contributed by atoms with E-state index in [1.54, 1.807) is 37.4 Å². The molecule has 1 N–H and O–H groups in total. The van der Waals surface area contributed by atoms with E-state index in [4.69, 9.17) is 9.15 Å². The van der Waals surface area contributed by atoms with Crippen LogP contribution in [0.15, 0.2) is 46.9 Å². The number of benzene rings is 2. The molecule has 1 fully saturated rings. The van der Waals surface area contributed by atoms with Crippen LogP contribution >= 0.6 is 0 Å². The highest BCUT2D eigenvalue weighted by Crippen LogP contribution is 2.25. The van der Waals surface area contributed by atoms with Gasteiger partial charge >= 0.3 is 0 Å². The number of carbonyl (C=O) groups excluding carboxylic acids is 1. The summed E-state index contributed by atoms with van der Waals surface area (Å²) in [5.41, 5.74) is 2.13. The van der Waals surface area contributed by atoms with E-state index < -0.39 is 0 Å². The molecular weight excluding hydrogens is 349 g/mol. The number of likely N-dealkylation sites (N-methyl/N-ethyl adjacent to an activating group) is 1. The largest absolute Gasteiger partial charge is 0.436 e. The van der Waals surface area contributed by atoms with Crippen molar-refractivity contribution in [3.63, 3.8) is 0 Å². The smallest absolute Gasteiger partial charge is 0.251 e. The average molecular weight is 369 g/mol. The quantitative estimate of drug-likeness (QED) is 0.766. The number of aromatic nitrogens is 1. The van der Waals surface area contributed by atoms with E-state index in [-0.39, 0.29) is 23.9 Å². The first-order valence-electron chi connectivity index (χ1n) is 8.72. The Morgan fingerprint density at radius 2 is 2.15 bits per heavy atom. The number of ether oxygens (including phenoxy) is 1. The Morgan fingerprint density at radius 1 is 1.30 bits per heavy atom. The zero-order chi connectivity index (χ0) is 19.0. The maximum Gasteiger partial charge on any atom is 0.251 e. The van der Waals surface area contributed by atoms with Crippen molar-refractivity contribution < 1.29 is 18.3 Å². The third-order valence-electron chi connectivity index (χ3n) is 4.79. The van der Waals surface area contributed by atoms with Crippen LogP contribution in [0.1, 0.15) is 10.4 Å². The van der Waals surface area contributed by atoms with Gasteiger partial charge in [0.2, 0.25) is 5.89 Å².